The first-order valence-electron chi connectivity index (χ1n) is 13.4. The van der Waals surface area contributed by atoms with Crippen molar-refractivity contribution in [3.8, 4) is 5.75 Å². The first-order valence-corrected chi connectivity index (χ1v) is 15.5. The molecule has 9 nitrogen and oxygen atoms in total. The van der Waals surface area contributed by atoms with Crippen LogP contribution in [0, 0.1) is 0 Å². The molecule has 2 heterocycles. The van der Waals surface area contributed by atoms with Gasteiger partial charge in [0.05, 0.1) is 22.6 Å². The van der Waals surface area contributed by atoms with Crippen molar-refractivity contribution >= 4 is 63.7 Å². The van der Waals surface area contributed by atoms with Crippen LogP contribution in [0.25, 0.3) is 10.8 Å². The van der Waals surface area contributed by atoms with E-state index in [1.807, 2.05) is 24.3 Å². The Balaban J connectivity index is 1.25. The van der Waals surface area contributed by atoms with Crippen LogP contribution in [-0.4, -0.2) is 76.6 Å². The SMILES string of the molecule is O=C(O)CSC(SCC(=O)O)c1ccc(OCCN2C(=O)c3cccc4c(N5CCCCC5)ccc(c34)C2=O)cc1. The smallest absolute Gasteiger partial charge is 0.313 e. The molecule has 0 aliphatic carbocycles. The number of nitrogens with zero attached hydrogens (tertiary/aromatic N) is 2. The van der Waals surface area contributed by atoms with Crippen LogP contribution < -0.4 is 9.64 Å². The number of rotatable bonds is 12. The van der Waals surface area contributed by atoms with Crippen LogP contribution in [0.1, 0.15) is 50.1 Å². The minimum Gasteiger partial charge on any atom is -0.492 e. The lowest BCUT2D eigenvalue weighted by atomic mass is 9.92. The van der Waals surface area contributed by atoms with Crippen LogP contribution in [0.15, 0.2) is 54.6 Å². The molecule has 3 aromatic rings. The maximum Gasteiger partial charge on any atom is 0.313 e. The molecule has 0 unspecified atom stereocenters. The molecule has 214 valence electrons. The monoisotopic (exact) mass is 594 g/mol. The third-order valence-electron chi connectivity index (χ3n) is 7.12. The molecule has 11 heteroatoms. The number of carboxylic acid groups (broad SMARTS) is 2. The highest BCUT2D eigenvalue weighted by molar-refractivity contribution is 8.16. The Labute approximate surface area is 245 Å². The molecule has 0 atom stereocenters. The van der Waals surface area contributed by atoms with Gasteiger partial charge in [-0.15, -0.1) is 23.5 Å². The number of amides is 2. The number of carbonyl (C=O) groups excluding carboxylic acids is 2. The quantitative estimate of drug-likeness (QED) is 0.215. The molecule has 2 aliphatic heterocycles. The van der Waals surface area contributed by atoms with Crippen LogP contribution in [0.2, 0.25) is 0 Å². The zero-order chi connectivity index (χ0) is 28.9. The average molecular weight is 595 g/mol. The van der Waals surface area contributed by atoms with E-state index in [2.05, 4.69) is 4.90 Å². The number of thioether (sulfide) groups is 2. The number of imide groups is 1. The molecule has 0 spiro atoms. The summed E-state index contributed by atoms with van der Waals surface area (Å²) in [5.74, 6) is -2.40. The lowest BCUT2D eigenvalue weighted by Crippen LogP contribution is -2.42. The number of aliphatic carboxylic acids is 2. The van der Waals surface area contributed by atoms with E-state index < -0.39 is 11.9 Å². The third kappa shape index (κ3) is 6.46. The van der Waals surface area contributed by atoms with E-state index in [9.17, 15) is 19.2 Å². The van der Waals surface area contributed by atoms with Gasteiger partial charge in [-0.2, -0.15) is 0 Å². The van der Waals surface area contributed by atoms with Crippen molar-refractivity contribution in [2.45, 2.75) is 23.8 Å². The zero-order valence-corrected chi connectivity index (χ0v) is 23.9. The molecule has 1 fully saturated rings. The van der Waals surface area contributed by atoms with Gasteiger partial charge in [0, 0.05) is 40.7 Å². The molecule has 0 radical (unpaired) electrons. The average Bonchev–Trinajstić information content (AvgIpc) is 2.98. The van der Waals surface area contributed by atoms with Gasteiger partial charge < -0.3 is 19.8 Å². The summed E-state index contributed by atoms with van der Waals surface area (Å²) in [5.41, 5.74) is 2.87. The van der Waals surface area contributed by atoms with Crippen molar-refractivity contribution in [1.29, 1.82) is 0 Å². The Hall–Kier alpha value is -3.70. The second-order valence-corrected chi connectivity index (χ2v) is 12.3. The highest BCUT2D eigenvalue weighted by Gasteiger charge is 2.33. The first kappa shape index (κ1) is 28.8. The van der Waals surface area contributed by atoms with Crippen molar-refractivity contribution in [1.82, 2.24) is 4.90 Å². The van der Waals surface area contributed by atoms with Crippen molar-refractivity contribution < 1.29 is 34.1 Å². The molecule has 0 saturated carbocycles. The predicted octanol–water partition coefficient (Wildman–Crippen LogP) is 5.14. The summed E-state index contributed by atoms with van der Waals surface area (Å²) in [5, 5.41) is 19.7. The molecule has 41 heavy (non-hydrogen) atoms. The molecular weight excluding hydrogens is 564 g/mol. The van der Waals surface area contributed by atoms with Crippen LogP contribution in [0.4, 0.5) is 5.69 Å². The van der Waals surface area contributed by atoms with Gasteiger partial charge in [-0.1, -0.05) is 24.3 Å². The number of benzene rings is 3. The normalized spacial score (nSPS) is 15.0. The van der Waals surface area contributed by atoms with Gasteiger partial charge in [-0.3, -0.25) is 24.1 Å². The molecule has 1 saturated heterocycles. The second-order valence-electron chi connectivity index (χ2n) is 9.83. The van der Waals surface area contributed by atoms with Crippen LogP contribution in [0.3, 0.4) is 0 Å². The predicted molar refractivity (Wildman–Crippen MR) is 160 cm³/mol. The number of hydrogen-bond acceptors (Lipinski definition) is 8. The van der Waals surface area contributed by atoms with Gasteiger partial charge in [-0.05, 0) is 55.2 Å². The lowest BCUT2D eigenvalue weighted by Gasteiger charge is -2.32. The van der Waals surface area contributed by atoms with Crippen molar-refractivity contribution in [2.24, 2.45) is 0 Å². The fraction of sp³-hybridized carbons (Fsp3) is 0.333. The third-order valence-corrected chi connectivity index (χ3v) is 9.91. The first-order chi connectivity index (χ1) is 19.8. The molecule has 3 aromatic carbocycles. The number of carboxylic acids is 2. The van der Waals surface area contributed by atoms with Crippen LogP contribution >= 0.6 is 23.5 Å². The van der Waals surface area contributed by atoms with E-state index in [0.29, 0.717) is 16.9 Å². The summed E-state index contributed by atoms with van der Waals surface area (Å²) in [7, 11) is 0. The number of piperidine rings is 1. The highest BCUT2D eigenvalue weighted by atomic mass is 32.2. The Morgan fingerprint density at radius 3 is 2.10 bits per heavy atom. The van der Waals surface area contributed by atoms with Crippen LogP contribution in [0.5, 0.6) is 5.75 Å². The summed E-state index contributed by atoms with van der Waals surface area (Å²) >= 11 is 2.29. The molecule has 5 rings (SSSR count). The van der Waals surface area contributed by atoms with Gasteiger partial charge in [-0.25, -0.2) is 0 Å². The van der Waals surface area contributed by atoms with E-state index in [4.69, 9.17) is 14.9 Å². The van der Waals surface area contributed by atoms with Crippen molar-refractivity contribution in [3.63, 3.8) is 0 Å². The van der Waals surface area contributed by atoms with Gasteiger partial charge in [0.15, 0.2) is 0 Å². The minimum absolute atomic E-state index is 0.0780. The minimum atomic E-state index is -0.973. The molecule has 0 aromatic heterocycles. The van der Waals surface area contributed by atoms with E-state index >= 15 is 0 Å². The van der Waals surface area contributed by atoms with Crippen molar-refractivity contribution in [3.05, 3.63) is 71.3 Å². The Bertz CT molecular complexity index is 1430. The number of hydrogen-bond donors (Lipinski definition) is 2. The van der Waals surface area contributed by atoms with E-state index in [0.717, 1.165) is 71.5 Å². The molecule has 0 bridgehead atoms. The number of ether oxygens (including phenoxy) is 1. The Morgan fingerprint density at radius 1 is 0.829 bits per heavy atom. The maximum atomic E-state index is 13.4. The number of carbonyl (C=O) groups is 4. The Kier molecular flexibility index (Phi) is 9.04. The van der Waals surface area contributed by atoms with Gasteiger partial charge in [0.2, 0.25) is 0 Å². The topological polar surface area (TPSA) is 124 Å². The summed E-state index contributed by atoms with van der Waals surface area (Å²) in [6, 6.07) is 16.4. The van der Waals surface area contributed by atoms with E-state index in [-0.39, 0.29) is 41.1 Å². The summed E-state index contributed by atoms with van der Waals surface area (Å²) in [6.45, 7) is 2.11. The number of anilines is 1. The standard InChI is InChI=1S/C30H30N2O7S2/c33-25(34)17-40-30(41-18-26(35)36)19-7-9-20(10-8-19)39-16-15-32-28(37)22-6-4-5-21-24(31-13-2-1-3-14-31)12-11-23(27(21)22)29(32)38/h4-12,30H,1-3,13-18H2,(H,33,34)(H,35,36). The molecule has 2 aliphatic rings. The van der Waals surface area contributed by atoms with E-state index in [1.54, 1.807) is 30.3 Å². The zero-order valence-electron chi connectivity index (χ0n) is 22.3. The summed E-state index contributed by atoms with van der Waals surface area (Å²) in [6.07, 6.45) is 3.48. The summed E-state index contributed by atoms with van der Waals surface area (Å²) in [4.78, 5) is 52.4. The van der Waals surface area contributed by atoms with Crippen LogP contribution in [-0.2, 0) is 9.59 Å². The van der Waals surface area contributed by atoms with Gasteiger partial charge in [0.1, 0.15) is 12.4 Å². The largest absolute Gasteiger partial charge is 0.492 e. The molecule has 2 N–H and O–H groups in total. The van der Waals surface area contributed by atoms with Gasteiger partial charge in [0.25, 0.3) is 11.8 Å². The molecule has 2 amide bonds. The fourth-order valence-electron chi connectivity index (χ4n) is 5.25. The maximum absolute atomic E-state index is 13.4. The molecular formula is C30H30N2O7S2. The summed E-state index contributed by atoms with van der Waals surface area (Å²) < 4.78 is 5.48. The van der Waals surface area contributed by atoms with Crippen molar-refractivity contribution in [2.75, 3.05) is 42.6 Å². The fourth-order valence-corrected chi connectivity index (χ4v) is 7.34. The van der Waals surface area contributed by atoms with Gasteiger partial charge >= 0.3 is 11.9 Å². The second kappa shape index (κ2) is 12.9. The lowest BCUT2D eigenvalue weighted by molar-refractivity contribution is -0.134. The Morgan fingerprint density at radius 2 is 1.46 bits per heavy atom. The highest BCUT2D eigenvalue weighted by Crippen LogP contribution is 2.40. The van der Waals surface area contributed by atoms with E-state index in [1.165, 1.54) is 11.3 Å².